The summed E-state index contributed by atoms with van der Waals surface area (Å²) in [6.45, 7) is 1.93. The minimum absolute atomic E-state index is 0.0490. The Kier molecular flexibility index (Phi) is 6.95. The molecule has 0 saturated carbocycles. The molecule has 0 spiro atoms. The number of aliphatic hydroxyl groups excluding tert-OH is 1. The van der Waals surface area contributed by atoms with Crippen molar-refractivity contribution in [3.8, 4) is 5.75 Å². The number of nitrogens with one attached hydrogen (secondary N) is 1. The summed E-state index contributed by atoms with van der Waals surface area (Å²) in [5.74, 6) is -0.700. The van der Waals surface area contributed by atoms with Gasteiger partial charge in [0.15, 0.2) is 5.76 Å². The number of aliphatic hydroxyl groups is 1. The molecule has 0 bridgehead atoms. The molecule has 122 valence electrons. The third-order valence-electron chi connectivity index (χ3n) is 2.28. The molecular weight excluding hydrogens is 306 g/mol. The van der Waals surface area contributed by atoms with E-state index in [0.717, 1.165) is 6.21 Å². The molecule has 0 aliphatic heterocycles. The minimum Gasteiger partial charge on any atom is -0.508 e. The van der Waals surface area contributed by atoms with E-state index in [4.69, 9.17) is 14.6 Å². The summed E-state index contributed by atoms with van der Waals surface area (Å²) >= 11 is 0. The molecular formula is C14H15N3O6. The molecule has 1 amide bonds. The molecule has 0 radical (unpaired) electrons. The van der Waals surface area contributed by atoms with Crippen LogP contribution in [0.25, 0.3) is 0 Å². The van der Waals surface area contributed by atoms with Gasteiger partial charge in [-0.05, 0) is 37.3 Å². The molecule has 3 N–H and O–H groups in total. The summed E-state index contributed by atoms with van der Waals surface area (Å²) in [6, 6.07) is 8.14. The zero-order valence-corrected chi connectivity index (χ0v) is 12.2. The number of hydrazone groups is 1. The molecule has 9 heteroatoms. The van der Waals surface area contributed by atoms with E-state index < -0.39 is 16.7 Å². The fourth-order valence-corrected chi connectivity index (χ4v) is 1.34. The number of amides is 1. The van der Waals surface area contributed by atoms with Crippen molar-refractivity contribution in [2.75, 3.05) is 6.61 Å². The zero-order valence-electron chi connectivity index (χ0n) is 12.2. The second-order valence-electron chi connectivity index (χ2n) is 4.00. The number of hydrogen-bond acceptors (Lipinski definition) is 7. The number of furan rings is 1. The van der Waals surface area contributed by atoms with Crippen LogP contribution in [0.15, 0.2) is 45.9 Å². The van der Waals surface area contributed by atoms with Crippen LogP contribution in [0.1, 0.15) is 23.0 Å². The van der Waals surface area contributed by atoms with E-state index >= 15 is 0 Å². The quantitative estimate of drug-likeness (QED) is 0.444. The van der Waals surface area contributed by atoms with Gasteiger partial charge in [0.2, 0.25) is 0 Å². The van der Waals surface area contributed by atoms with Gasteiger partial charge in [0, 0.05) is 12.2 Å². The van der Waals surface area contributed by atoms with Crippen LogP contribution in [-0.2, 0) is 0 Å². The minimum atomic E-state index is -0.674. The van der Waals surface area contributed by atoms with Gasteiger partial charge in [-0.15, -0.1) is 0 Å². The standard InChI is InChI=1S/C12H9N3O5.C2H6O/c16-9-3-1-8(2-4-9)12(17)14-13-7-10-5-6-11(20-10)15(18)19;1-2-3/h1-7,16H,(H,14,17);3H,2H2,1H3/b13-7+;. The van der Waals surface area contributed by atoms with Gasteiger partial charge < -0.3 is 14.6 Å². The largest absolute Gasteiger partial charge is 0.508 e. The smallest absolute Gasteiger partial charge is 0.433 e. The van der Waals surface area contributed by atoms with Gasteiger partial charge in [-0.25, -0.2) is 5.43 Å². The van der Waals surface area contributed by atoms with E-state index in [1.165, 1.54) is 36.4 Å². The zero-order chi connectivity index (χ0) is 17.2. The maximum absolute atomic E-state index is 11.6. The molecule has 0 saturated heterocycles. The number of rotatable bonds is 4. The third-order valence-corrected chi connectivity index (χ3v) is 2.28. The van der Waals surface area contributed by atoms with E-state index in [-0.39, 0.29) is 18.1 Å². The van der Waals surface area contributed by atoms with Gasteiger partial charge in [-0.2, -0.15) is 5.10 Å². The fourth-order valence-electron chi connectivity index (χ4n) is 1.34. The third kappa shape index (κ3) is 5.98. The lowest BCUT2D eigenvalue weighted by Crippen LogP contribution is -2.17. The summed E-state index contributed by atoms with van der Waals surface area (Å²) in [7, 11) is 0. The Bertz CT molecular complexity index is 678. The molecule has 0 atom stereocenters. The van der Waals surface area contributed by atoms with Crippen molar-refractivity contribution in [3.63, 3.8) is 0 Å². The molecule has 1 aromatic carbocycles. The summed E-state index contributed by atoms with van der Waals surface area (Å²) < 4.78 is 4.82. The van der Waals surface area contributed by atoms with Crippen molar-refractivity contribution in [3.05, 3.63) is 57.8 Å². The number of phenolic OH excluding ortho intramolecular Hbond substituents is 1. The monoisotopic (exact) mass is 321 g/mol. The molecule has 23 heavy (non-hydrogen) atoms. The van der Waals surface area contributed by atoms with Gasteiger partial charge in [0.05, 0.1) is 12.3 Å². The number of nitro groups is 1. The van der Waals surface area contributed by atoms with E-state index in [1.807, 2.05) is 0 Å². The van der Waals surface area contributed by atoms with Gasteiger partial charge in [0.1, 0.15) is 10.7 Å². The lowest BCUT2D eigenvalue weighted by molar-refractivity contribution is -0.402. The summed E-state index contributed by atoms with van der Waals surface area (Å²) in [5, 5.41) is 30.6. The highest BCUT2D eigenvalue weighted by molar-refractivity contribution is 5.94. The molecule has 2 rings (SSSR count). The highest BCUT2D eigenvalue weighted by Gasteiger charge is 2.10. The molecule has 0 unspecified atom stereocenters. The first-order valence-corrected chi connectivity index (χ1v) is 6.45. The van der Waals surface area contributed by atoms with Crippen molar-refractivity contribution >= 4 is 18.0 Å². The second-order valence-corrected chi connectivity index (χ2v) is 4.00. The number of carbonyl (C=O) groups excluding carboxylic acids is 1. The number of benzene rings is 1. The van der Waals surface area contributed by atoms with E-state index in [0.29, 0.717) is 5.56 Å². The molecule has 9 nitrogen and oxygen atoms in total. The van der Waals surface area contributed by atoms with Crippen molar-refractivity contribution in [1.29, 1.82) is 0 Å². The average Bonchev–Trinajstić information content (AvgIpc) is 2.98. The number of hydrogen-bond donors (Lipinski definition) is 3. The number of phenols is 1. The van der Waals surface area contributed by atoms with Gasteiger partial charge in [-0.1, -0.05) is 0 Å². The maximum Gasteiger partial charge on any atom is 0.433 e. The summed E-state index contributed by atoms with van der Waals surface area (Å²) in [6.07, 6.45) is 1.14. The van der Waals surface area contributed by atoms with E-state index in [1.54, 1.807) is 6.92 Å². The van der Waals surface area contributed by atoms with Crippen molar-refractivity contribution < 1.29 is 24.3 Å². The molecule has 0 aliphatic rings. The lowest BCUT2D eigenvalue weighted by atomic mass is 10.2. The van der Waals surface area contributed by atoms with Gasteiger partial charge in [0.25, 0.3) is 5.91 Å². The normalized spacial score (nSPS) is 10.0. The Hall–Kier alpha value is -3.20. The van der Waals surface area contributed by atoms with Crippen LogP contribution in [0.3, 0.4) is 0 Å². The van der Waals surface area contributed by atoms with Crippen molar-refractivity contribution in [2.24, 2.45) is 5.10 Å². The molecule has 1 aromatic heterocycles. The van der Waals surface area contributed by atoms with E-state index in [9.17, 15) is 14.9 Å². The van der Waals surface area contributed by atoms with Crippen molar-refractivity contribution in [2.45, 2.75) is 6.92 Å². The van der Waals surface area contributed by atoms with Gasteiger partial charge >= 0.3 is 5.88 Å². The van der Waals surface area contributed by atoms with Crippen LogP contribution in [0.2, 0.25) is 0 Å². The molecule has 0 fully saturated rings. The molecule has 2 aromatic rings. The predicted molar refractivity (Wildman–Crippen MR) is 81.3 cm³/mol. The second kappa shape index (κ2) is 8.95. The van der Waals surface area contributed by atoms with Crippen molar-refractivity contribution in [1.82, 2.24) is 5.43 Å². The Morgan fingerprint density at radius 1 is 1.35 bits per heavy atom. The number of nitrogens with zero attached hydrogens (tertiary/aromatic N) is 2. The van der Waals surface area contributed by atoms with Crippen LogP contribution in [-0.4, -0.2) is 33.9 Å². The first-order chi connectivity index (χ1) is 11.0. The summed E-state index contributed by atoms with van der Waals surface area (Å²) in [5.41, 5.74) is 2.53. The summed E-state index contributed by atoms with van der Waals surface area (Å²) in [4.78, 5) is 21.3. The predicted octanol–water partition coefficient (Wildman–Crippen LogP) is 1.66. The van der Waals surface area contributed by atoms with Gasteiger partial charge in [-0.3, -0.25) is 14.9 Å². The first-order valence-electron chi connectivity index (χ1n) is 6.45. The highest BCUT2D eigenvalue weighted by Crippen LogP contribution is 2.13. The number of aromatic hydroxyl groups is 1. The van der Waals surface area contributed by atoms with Crippen LogP contribution >= 0.6 is 0 Å². The van der Waals surface area contributed by atoms with Crippen LogP contribution in [0.5, 0.6) is 5.75 Å². The SMILES string of the molecule is CCO.O=C(N/N=C/c1ccc([N+](=O)[O-])o1)c1ccc(O)cc1. The Morgan fingerprint density at radius 3 is 2.48 bits per heavy atom. The maximum atomic E-state index is 11.6. The van der Waals surface area contributed by atoms with Crippen LogP contribution < -0.4 is 5.43 Å². The molecule has 0 aliphatic carbocycles. The van der Waals surface area contributed by atoms with Crippen LogP contribution in [0, 0.1) is 10.1 Å². The highest BCUT2D eigenvalue weighted by atomic mass is 16.6. The Balaban J connectivity index is 0.000000816. The van der Waals surface area contributed by atoms with E-state index in [2.05, 4.69) is 10.5 Å². The Morgan fingerprint density at radius 2 is 1.96 bits per heavy atom. The topological polar surface area (TPSA) is 138 Å². The number of carbonyl (C=O) groups is 1. The van der Waals surface area contributed by atoms with Crippen LogP contribution in [0.4, 0.5) is 5.88 Å². The fraction of sp³-hybridized carbons (Fsp3) is 0.143. The average molecular weight is 321 g/mol. The molecule has 1 heterocycles. The Labute approximate surface area is 131 Å². The first kappa shape index (κ1) is 17.9. The lowest BCUT2D eigenvalue weighted by Gasteiger charge is -1.99.